The minimum absolute atomic E-state index is 0.0544. The molecule has 0 aromatic heterocycles. The summed E-state index contributed by atoms with van der Waals surface area (Å²) < 4.78 is 0. The molecule has 0 heterocycles. The Labute approximate surface area is 87.6 Å². The zero-order valence-corrected chi connectivity index (χ0v) is 10.1. The Morgan fingerprint density at radius 1 is 1.43 bits per heavy atom. The van der Waals surface area contributed by atoms with Crippen LogP contribution in [0, 0.1) is 0 Å². The first kappa shape index (κ1) is 13.4. The van der Waals surface area contributed by atoms with Gasteiger partial charge in [0.2, 0.25) is 5.91 Å². The Bertz CT molecular complexity index is 190. The van der Waals surface area contributed by atoms with E-state index in [0.717, 1.165) is 19.3 Å². The Morgan fingerprint density at radius 2 is 1.93 bits per heavy atom. The molecule has 0 aromatic carbocycles. The van der Waals surface area contributed by atoms with Crippen LogP contribution in [0.1, 0.15) is 47.0 Å². The second-order valence-electron chi connectivity index (χ2n) is 4.46. The summed E-state index contributed by atoms with van der Waals surface area (Å²) in [5.74, 6) is 0.0544. The maximum Gasteiger partial charge on any atom is 0.239 e. The normalized spacial score (nSPS) is 13.9. The number of nitrogens with two attached hydrogens (primary N) is 1. The van der Waals surface area contributed by atoms with Crippen LogP contribution < -0.4 is 5.73 Å². The third kappa shape index (κ3) is 3.29. The largest absolute Gasteiger partial charge is 0.339 e. The van der Waals surface area contributed by atoms with Crippen LogP contribution in [0.15, 0.2) is 0 Å². The number of likely N-dealkylation sites (N-methyl/N-ethyl adjacent to an activating group) is 1. The van der Waals surface area contributed by atoms with Crippen LogP contribution in [-0.4, -0.2) is 29.4 Å². The molecule has 0 bridgehead atoms. The van der Waals surface area contributed by atoms with Gasteiger partial charge in [-0.2, -0.15) is 0 Å². The van der Waals surface area contributed by atoms with E-state index in [4.69, 9.17) is 5.73 Å². The van der Waals surface area contributed by atoms with E-state index < -0.39 is 0 Å². The molecule has 14 heavy (non-hydrogen) atoms. The Balaban J connectivity index is 4.38. The molecule has 1 atom stereocenters. The highest BCUT2D eigenvalue weighted by molar-refractivity contribution is 5.82. The van der Waals surface area contributed by atoms with Crippen LogP contribution in [0.25, 0.3) is 0 Å². The number of hydrogen-bond acceptors (Lipinski definition) is 2. The third-order valence-electron chi connectivity index (χ3n) is 3.02. The molecule has 1 amide bonds. The molecule has 3 heteroatoms. The van der Waals surface area contributed by atoms with Crippen molar-refractivity contribution < 1.29 is 4.79 Å². The fourth-order valence-electron chi connectivity index (χ4n) is 1.22. The summed E-state index contributed by atoms with van der Waals surface area (Å²) in [6.07, 6.45) is 2.66. The molecular weight excluding hydrogens is 176 g/mol. The second-order valence-corrected chi connectivity index (χ2v) is 4.46. The van der Waals surface area contributed by atoms with E-state index in [2.05, 4.69) is 20.8 Å². The lowest BCUT2D eigenvalue weighted by molar-refractivity contribution is -0.136. The topological polar surface area (TPSA) is 46.3 Å². The van der Waals surface area contributed by atoms with Crippen molar-refractivity contribution in [3.05, 3.63) is 0 Å². The van der Waals surface area contributed by atoms with E-state index in [-0.39, 0.29) is 17.5 Å². The summed E-state index contributed by atoms with van der Waals surface area (Å²) in [6, 6.07) is -0.337. The van der Waals surface area contributed by atoms with Crippen molar-refractivity contribution in [1.29, 1.82) is 0 Å². The van der Waals surface area contributed by atoms with E-state index in [1.807, 2.05) is 14.0 Å². The van der Waals surface area contributed by atoms with Gasteiger partial charge in [0.15, 0.2) is 0 Å². The molecule has 0 radical (unpaired) electrons. The molecule has 84 valence electrons. The molecule has 0 saturated carbocycles. The molecule has 0 aliphatic rings. The van der Waals surface area contributed by atoms with Gasteiger partial charge in [-0.1, -0.05) is 20.3 Å². The van der Waals surface area contributed by atoms with Gasteiger partial charge in [0, 0.05) is 12.6 Å². The minimum atomic E-state index is -0.337. The molecule has 0 aliphatic carbocycles. The van der Waals surface area contributed by atoms with E-state index in [1.165, 1.54) is 0 Å². The van der Waals surface area contributed by atoms with Crippen LogP contribution in [0.5, 0.6) is 0 Å². The monoisotopic (exact) mass is 200 g/mol. The molecule has 0 spiro atoms. The fraction of sp³-hybridized carbons (Fsp3) is 0.909. The molecule has 0 fully saturated rings. The first-order valence-corrected chi connectivity index (χ1v) is 5.40. The molecule has 0 unspecified atom stereocenters. The number of rotatable bonds is 5. The molecule has 0 saturated heterocycles. The standard InChI is InChI=1S/C11H24N2O/c1-6-8-9(12)10(14)13(5)11(3,4)7-2/h9H,6-8,12H2,1-5H3/t9-/m0/s1. The minimum Gasteiger partial charge on any atom is -0.339 e. The van der Waals surface area contributed by atoms with Crippen LogP contribution >= 0.6 is 0 Å². The van der Waals surface area contributed by atoms with Crippen LogP contribution in [0.2, 0.25) is 0 Å². The van der Waals surface area contributed by atoms with Gasteiger partial charge in [0.1, 0.15) is 0 Å². The van der Waals surface area contributed by atoms with Crippen LogP contribution in [0.3, 0.4) is 0 Å². The molecule has 0 rings (SSSR count). The van der Waals surface area contributed by atoms with E-state index in [0.29, 0.717) is 0 Å². The van der Waals surface area contributed by atoms with Crippen molar-refractivity contribution in [2.24, 2.45) is 5.73 Å². The Kier molecular flexibility index (Phi) is 5.13. The molecule has 0 aliphatic heterocycles. The van der Waals surface area contributed by atoms with E-state index in [1.54, 1.807) is 4.90 Å². The first-order valence-electron chi connectivity index (χ1n) is 5.40. The fourth-order valence-corrected chi connectivity index (χ4v) is 1.22. The predicted octanol–water partition coefficient (Wildman–Crippen LogP) is 1.76. The number of nitrogens with zero attached hydrogens (tertiary/aromatic N) is 1. The lowest BCUT2D eigenvalue weighted by Crippen LogP contribution is -2.51. The predicted molar refractivity (Wildman–Crippen MR) is 60.0 cm³/mol. The molecule has 0 aromatic rings. The van der Waals surface area contributed by atoms with Crippen LogP contribution in [0.4, 0.5) is 0 Å². The third-order valence-corrected chi connectivity index (χ3v) is 3.02. The highest BCUT2D eigenvalue weighted by atomic mass is 16.2. The average molecular weight is 200 g/mol. The van der Waals surface area contributed by atoms with Gasteiger partial charge in [-0.25, -0.2) is 0 Å². The Hall–Kier alpha value is -0.570. The number of hydrogen-bond donors (Lipinski definition) is 1. The Morgan fingerprint density at radius 3 is 2.29 bits per heavy atom. The summed E-state index contributed by atoms with van der Waals surface area (Å²) in [4.78, 5) is 13.6. The van der Waals surface area contributed by atoms with E-state index in [9.17, 15) is 4.79 Å². The number of carbonyl (C=O) groups is 1. The lowest BCUT2D eigenvalue weighted by Gasteiger charge is -2.36. The molecular formula is C11H24N2O. The van der Waals surface area contributed by atoms with Gasteiger partial charge in [-0.15, -0.1) is 0 Å². The maximum atomic E-state index is 11.8. The number of carbonyl (C=O) groups excluding carboxylic acids is 1. The second kappa shape index (κ2) is 5.35. The SMILES string of the molecule is CCC[C@H](N)C(=O)N(C)C(C)(C)CC. The van der Waals surface area contributed by atoms with Crippen molar-refractivity contribution in [3.8, 4) is 0 Å². The van der Waals surface area contributed by atoms with Gasteiger partial charge in [0.05, 0.1) is 6.04 Å². The van der Waals surface area contributed by atoms with Gasteiger partial charge in [-0.3, -0.25) is 4.79 Å². The lowest BCUT2D eigenvalue weighted by atomic mass is 9.98. The first-order chi connectivity index (χ1) is 6.36. The van der Waals surface area contributed by atoms with Crippen molar-refractivity contribution in [2.45, 2.75) is 58.5 Å². The molecule has 3 nitrogen and oxygen atoms in total. The van der Waals surface area contributed by atoms with Gasteiger partial charge in [0.25, 0.3) is 0 Å². The summed E-state index contributed by atoms with van der Waals surface area (Å²) in [7, 11) is 1.83. The van der Waals surface area contributed by atoms with Crippen LogP contribution in [-0.2, 0) is 4.79 Å². The summed E-state index contributed by atoms with van der Waals surface area (Å²) >= 11 is 0. The smallest absolute Gasteiger partial charge is 0.239 e. The summed E-state index contributed by atoms with van der Waals surface area (Å²) in [6.45, 7) is 8.24. The van der Waals surface area contributed by atoms with Gasteiger partial charge >= 0.3 is 0 Å². The quantitative estimate of drug-likeness (QED) is 0.735. The van der Waals surface area contributed by atoms with Gasteiger partial charge in [-0.05, 0) is 26.7 Å². The molecule has 2 N–H and O–H groups in total. The van der Waals surface area contributed by atoms with E-state index >= 15 is 0 Å². The summed E-state index contributed by atoms with van der Waals surface area (Å²) in [5.41, 5.74) is 5.69. The van der Waals surface area contributed by atoms with Crippen molar-refractivity contribution >= 4 is 5.91 Å². The highest BCUT2D eigenvalue weighted by Gasteiger charge is 2.28. The van der Waals surface area contributed by atoms with Crippen molar-refractivity contribution in [3.63, 3.8) is 0 Å². The maximum absolute atomic E-state index is 11.8. The average Bonchev–Trinajstić information content (AvgIpc) is 2.15. The summed E-state index contributed by atoms with van der Waals surface area (Å²) in [5, 5.41) is 0. The van der Waals surface area contributed by atoms with Crippen molar-refractivity contribution in [2.75, 3.05) is 7.05 Å². The van der Waals surface area contributed by atoms with Crippen molar-refractivity contribution in [1.82, 2.24) is 4.90 Å². The zero-order chi connectivity index (χ0) is 11.4. The van der Waals surface area contributed by atoms with Gasteiger partial charge < -0.3 is 10.6 Å². The zero-order valence-electron chi connectivity index (χ0n) is 10.1. The number of amides is 1. The highest BCUT2D eigenvalue weighted by Crippen LogP contribution is 2.17.